The molecule has 0 amide bonds. The number of nitrogens with one attached hydrogen (secondary N) is 1. The fourth-order valence-corrected chi connectivity index (χ4v) is 2.80. The normalized spacial score (nSPS) is 23.1. The van der Waals surface area contributed by atoms with Gasteiger partial charge in [0.15, 0.2) is 0 Å². The summed E-state index contributed by atoms with van der Waals surface area (Å²) in [7, 11) is 0. The molecule has 0 spiro atoms. The van der Waals surface area contributed by atoms with Crippen LogP contribution in [0, 0.1) is 18.8 Å². The second-order valence-corrected chi connectivity index (χ2v) is 5.40. The van der Waals surface area contributed by atoms with Crippen LogP contribution in [-0.4, -0.2) is 25.7 Å². The lowest BCUT2D eigenvalue weighted by Crippen LogP contribution is -2.41. The molecule has 1 N–H and O–H groups in total. The highest BCUT2D eigenvalue weighted by Gasteiger charge is 2.27. The van der Waals surface area contributed by atoms with Crippen molar-refractivity contribution >= 4 is 5.97 Å². The van der Waals surface area contributed by atoms with Crippen molar-refractivity contribution in [2.24, 2.45) is 11.8 Å². The van der Waals surface area contributed by atoms with Crippen LogP contribution in [-0.2, 0) is 16.0 Å². The van der Waals surface area contributed by atoms with Crippen LogP contribution < -0.4 is 5.32 Å². The van der Waals surface area contributed by atoms with Crippen molar-refractivity contribution in [3.63, 3.8) is 0 Å². The average Bonchev–Trinajstić information content (AvgIpc) is 2.39. The summed E-state index contributed by atoms with van der Waals surface area (Å²) in [6, 6.07) is 8.61. The number of ether oxygens (including phenoxy) is 1. The summed E-state index contributed by atoms with van der Waals surface area (Å²) >= 11 is 0. The van der Waals surface area contributed by atoms with Crippen molar-refractivity contribution in [3.05, 3.63) is 35.4 Å². The quantitative estimate of drug-likeness (QED) is 0.845. The molecule has 2 rings (SSSR count). The van der Waals surface area contributed by atoms with Gasteiger partial charge in [-0.05, 0) is 44.7 Å². The number of piperidine rings is 1. The van der Waals surface area contributed by atoms with Gasteiger partial charge in [-0.2, -0.15) is 0 Å². The van der Waals surface area contributed by atoms with Gasteiger partial charge in [0.1, 0.15) is 0 Å². The number of hydrogen-bond donors (Lipinski definition) is 1. The van der Waals surface area contributed by atoms with Crippen LogP contribution in [0.5, 0.6) is 0 Å². The minimum Gasteiger partial charge on any atom is -0.466 e. The molecule has 1 fully saturated rings. The maximum absolute atomic E-state index is 11.8. The smallest absolute Gasteiger partial charge is 0.310 e. The van der Waals surface area contributed by atoms with Crippen molar-refractivity contribution in [1.29, 1.82) is 0 Å². The first-order valence-electron chi connectivity index (χ1n) is 7.12. The number of aryl methyl sites for hydroxylation is 1. The predicted octanol–water partition coefficient (Wildman–Crippen LogP) is 2.33. The summed E-state index contributed by atoms with van der Waals surface area (Å²) in [4.78, 5) is 11.8. The van der Waals surface area contributed by atoms with Crippen LogP contribution in [0.1, 0.15) is 24.5 Å². The van der Waals surface area contributed by atoms with Crippen LogP contribution in [0.4, 0.5) is 0 Å². The van der Waals surface area contributed by atoms with E-state index in [1.807, 2.05) is 6.92 Å². The predicted molar refractivity (Wildman–Crippen MR) is 76.0 cm³/mol. The first kappa shape index (κ1) is 14.1. The number of esters is 1. The van der Waals surface area contributed by atoms with Gasteiger partial charge in [0.05, 0.1) is 12.5 Å². The number of hydrogen-bond acceptors (Lipinski definition) is 3. The maximum Gasteiger partial charge on any atom is 0.310 e. The summed E-state index contributed by atoms with van der Waals surface area (Å²) in [5.74, 6) is 0.484. The molecule has 0 saturated carbocycles. The number of benzene rings is 1. The lowest BCUT2D eigenvalue weighted by molar-refractivity contribution is -0.149. The van der Waals surface area contributed by atoms with Gasteiger partial charge in [0.25, 0.3) is 0 Å². The zero-order valence-electron chi connectivity index (χ0n) is 11.8. The van der Waals surface area contributed by atoms with Gasteiger partial charge in [-0.3, -0.25) is 4.79 Å². The van der Waals surface area contributed by atoms with Crippen LogP contribution in [0.15, 0.2) is 24.3 Å². The molecular weight excluding hydrogens is 238 g/mol. The molecule has 0 bridgehead atoms. The van der Waals surface area contributed by atoms with E-state index in [2.05, 4.69) is 36.5 Å². The summed E-state index contributed by atoms with van der Waals surface area (Å²) in [6.45, 7) is 6.19. The van der Waals surface area contributed by atoms with E-state index in [0.29, 0.717) is 12.5 Å². The zero-order chi connectivity index (χ0) is 13.7. The topological polar surface area (TPSA) is 38.3 Å². The first-order chi connectivity index (χ1) is 9.19. The second kappa shape index (κ2) is 6.71. The molecule has 19 heavy (non-hydrogen) atoms. The van der Waals surface area contributed by atoms with Crippen molar-refractivity contribution in [1.82, 2.24) is 5.32 Å². The van der Waals surface area contributed by atoms with E-state index >= 15 is 0 Å². The second-order valence-electron chi connectivity index (χ2n) is 5.40. The molecule has 1 aliphatic heterocycles. The minimum absolute atomic E-state index is 0.0171. The van der Waals surface area contributed by atoms with Gasteiger partial charge in [0.2, 0.25) is 0 Å². The number of rotatable bonds is 4. The fraction of sp³-hybridized carbons (Fsp3) is 0.562. The first-order valence-corrected chi connectivity index (χ1v) is 7.12. The molecule has 3 nitrogen and oxygen atoms in total. The highest BCUT2D eigenvalue weighted by molar-refractivity contribution is 5.72. The Balaban J connectivity index is 1.92. The molecule has 104 valence electrons. The Kier molecular flexibility index (Phi) is 4.97. The molecular formula is C16H23NO2. The largest absolute Gasteiger partial charge is 0.466 e. The lowest BCUT2D eigenvalue weighted by atomic mass is 9.86. The molecule has 2 unspecified atom stereocenters. The van der Waals surface area contributed by atoms with Crippen LogP contribution >= 0.6 is 0 Å². The molecule has 1 aromatic rings. The summed E-state index contributed by atoms with van der Waals surface area (Å²) in [5.41, 5.74) is 2.65. The van der Waals surface area contributed by atoms with Crippen LogP contribution in [0.25, 0.3) is 0 Å². The Bertz CT molecular complexity index is 431. The Morgan fingerprint density at radius 1 is 1.42 bits per heavy atom. The molecule has 1 aromatic carbocycles. The van der Waals surface area contributed by atoms with E-state index in [1.165, 1.54) is 11.1 Å². The van der Waals surface area contributed by atoms with Crippen molar-refractivity contribution < 1.29 is 9.53 Å². The van der Waals surface area contributed by atoms with E-state index in [0.717, 1.165) is 25.9 Å². The third-order valence-corrected chi connectivity index (χ3v) is 3.67. The average molecular weight is 261 g/mol. The third-order valence-electron chi connectivity index (χ3n) is 3.67. The molecule has 3 heteroatoms. The van der Waals surface area contributed by atoms with E-state index in [4.69, 9.17) is 4.74 Å². The zero-order valence-corrected chi connectivity index (χ0v) is 11.8. The lowest BCUT2D eigenvalue weighted by Gasteiger charge is -2.28. The summed E-state index contributed by atoms with van der Waals surface area (Å²) in [5, 5.41) is 3.36. The Hall–Kier alpha value is -1.35. The Morgan fingerprint density at radius 3 is 3.00 bits per heavy atom. The number of carbonyl (C=O) groups excluding carboxylic acids is 1. The minimum atomic E-state index is -0.0519. The van der Waals surface area contributed by atoms with Crippen molar-refractivity contribution in [2.45, 2.75) is 26.7 Å². The van der Waals surface area contributed by atoms with Gasteiger partial charge in [-0.25, -0.2) is 0 Å². The highest BCUT2D eigenvalue weighted by Crippen LogP contribution is 2.22. The van der Waals surface area contributed by atoms with Gasteiger partial charge in [0, 0.05) is 6.54 Å². The third kappa shape index (κ3) is 4.06. The fourth-order valence-electron chi connectivity index (χ4n) is 2.80. The summed E-state index contributed by atoms with van der Waals surface area (Å²) < 4.78 is 5.12. The molecule has 0 radical (unpaired) electrons. The maximum atomic E-state index is 11.8. The van der Waals surface area contributed by atoms with E-state index in [1.54, 1.807) is 0 Å². The molecule has 1 saturated heterocycles. The van der Waals surface area contributed by atoms with Gasteiger partial charge in [-0.1, -0.05) is 29.8 Å². The van der Waals surface area contributed by atoms with Crippen molar-refractivity contribution in [3.8, 4) is 0 Å². The highest BCUT2D eigenvalue weighted by atomic mass is 16.5. The monoisotopic (exact) mass is 261 g/mol. The molecule has 1 heterocycles. The molecule has 1 aliphatic rings. The molecule has 0 aromatic heterocycles. The van der Waals surface area contributed by atoms with Gasteiger partial charge in [-0.15, -0.1) is 0 Å². The van der Waals surface area contributed by atoms with E-state index in [9.17, 15) is 4.79 Å². The Morgan fingerprint density at radius 2 is 2.26 bits per heavy atom. The van der Waals surface area contributed by atoms with E-state index in [-0.39, 0.29) is 11.9 Å². The number of carbonyl (C=O) groups is 1. The summed E-state index contributed by atoms with van der Waals surface area (Å²) in [6.07, 6.45) is 1.96. The van der Waals surface area contributed by atoms with Crippen LogP contribution in [0.2, 0.25) is 0 Å². The van der Waals surface area contributed by atoms with Gasteiger partial charge < -0.3 is 10.1 Å². The standard InChI is InChI=1S/C16H23NO2/c1-3-19-16(18)15-9-14(10-17-11-15)8-13-6-4-5-12(2)7-13/h4-7,14-15,17H,3,8-11H2,1-2H3. The van der Waals surface area contributed by atoms with Gasteiger partial charge >= 0.3 is 5.97 Å². The van der Waals surface area contributed by atoms with Crippen LogP contribution in [0.3, 0.4) is 0 Å². The SMILES string of the molecule is CCOC(=O)C1CNCC(Cc2cccc(C)c2)C1. The van der Waals surface area contributed by atoms with E-state index < -0.39 is 0 Å². The molecule has 2 atom stereocenters. The molecule has 0 aliphatic carbocycles. The Labute approximate surface area is 115 Å². The van der Waals surface area contributed by atoms with Crippen molar-refractivity contribution in [2.75, 3.05) is 19.7 Å².